The summed E-state index contributed by atoms with van der Waals surface area (Å²) in [5.74, 6) is 0.636. The number of hydrogen-bond donors (Lipinski definition) is 0. The zero-order chi connectivity index (χ0) is 12.9. The number of hydrogen-bond acceptors (Lipinski definition) is 2. The van der Waals surface area contributed by atoms with E-state index in [2.05, 4.69) is 17.1 Å². The van der Waals surface area contributed by atoms with Crippen LogP contribution in [0.5, 0.6) is 0 Å². The largest absolute Gasteiger partial charge is 0.361 e. The van der Waals surface area contributed by atoms with Crippen LogP contribution >= 0.6 is 0 Å². The molecule has 3 nitrogen and oxygen atoms in total. The van der Waals surface area contributed by atoms with E-state index >= 15 is 0 Å². The molecule has 104 valence electrons. The first-order chi connectivity index (χ1) is 9.26. The van der Waals surface area contributed by atoms with Crippen molar-refractivity contribution in [1.82, 2.24) is 4.90 Å². The SMILES string of the molecule is O=CN1C[C@]23C=C[C@@H](CC2CC12CCCCCC2)O3. The van der Waals surface area contributed by atoms with Crippen LogP contribution in [0.1, 0.15) is 51.4 Å². The van der Waals surface area contributed by atoms with E-state index < -0.39 is 0 Å². The normalized spacial score (nSPS) is 43.3. The Balaban J connectivity index is 1.66. The van der Waals surface area contributed by atoms with Crippen molar-refractivity contribution in [3.05, 3.63) is 12.2 Å². The summed E-state index contributed by atoms with van der Waals surface area (Å²) in [6.45, 7) is 0.786. The van der Waals surface area contributed by atoms with Gasteiger partial charge in [0.05, 0.1) is 12.6 Å². The molecule has 19 heavy (non-hydrogen) atoms. The molecule has 1 aliphatic carbocycles. The second-order valence-electron chi connectivity index (χ2n) is 6.98. The van der Waals surface area contributed by atoms with Crippen molar-refractivity contribution >= 4 is 6.41 Å². The highest BCUT2D eigenvalue weighted by Crippen LogP contribution is 2.53. The zero-order valence-corrected chi connectivity index (χ0v) is 11.5. The molecule has 0 N–H and O–H groups in total. The first-order valence-corrected chi connectivity index (χ1v) is 7.86. The number of carbonyl (C=O) groups is 1. The summed E-state index contributed by atoms with van der Waals surface area (Å²) in [4.78, 5) is 13.8. The Labute approximate surface area is 115 Å². The van der Waals surface area contributed by atoms with Crippen LogP contribution in [-0.4, -0.2) is 35.1 Å². The number of nitrogens with zero attached hydrogens (tertiary/aromatic N) is 1. The van der Waals surface area contributed by atoms with E-state index in [4.69, 9.17) is 4.74 Å². The summed E-state index contributed by atoms with van der Waals surface area (Å²) in [5.41, 5.74) is 0.0129. The van der Waals surface area contributed by atoms with Crippen molar-refractivity contribution in [3.8, 4) is 0 Å². The quantitative estimate of drug-likeness (QED) is 0.536. The van der Waals surface area contributed by atoms with Gasteiger partial charge in [-0.25, -0.2) is 0 Å². The van der Waals surface area contributed by atoms with Crippen molar-refractivity contribution in [3.63, 3.8) is 0 Å². The highest BCUT2D eigenvalue weighted by Gasteiger charge is 2.58. The maximum atomic E-state index is 11.7. The van der Waals surface area contributed by atoms with E-state index in [1.807, 2.05) is 0 Å². The minimum Gasteiger partial charge on any atom is -0.361 e. The number of ether oxygens (including phenoxy) is 1. The number of fused-ring (bicyclic) bond motifs is 1. The van der Waals surface area contributed by atoms with Gasteiger partial charge in [0.2, 0.25) is 6.41 Å². The lowest BCUT2D eigenvalue weighted by molar-refractivity contribution is -0.140. The molecule has 1 unspecified atom stereocenters. The molecule has 2 saturated heterocycles. The second-order valence-corrected chi connectivity index (χ2v) is 6.98. The van der Waals surface area contributed by atoms with Crippen LogP contribution in [0.15, 0.2) is 12.2 Å². The summed E-state index contributed by atoms with van der Waals surface area (Å²) in [7, 11) is 0. The van der Waals surface area contributed by atoms with Crippen LogP contribution in [0.3, 0.4) is 0 Å². The Morgan fingerprint density at radius 3 is 2.68 bits per heavy atom. The van der Waals surface area contributed by atoms with Gasteiger partial charge in [-0.3, -0.25) is 4.79 Å². The van der Waals surface area contributed by atoms with Crippen LogP contribution in [0, 0.1) is 5.92 Å². The first-order valence-electron chi connectivity index (χ1n) is 7.86. The van der Waals surface area contributed by atoms with Gasteiger partial charge in [-0.2, -0.15) is 0 Å². The molecule has 2 bridgehead atoms. The Kier molecular flexibility index (Phi) is 2.57. The lowest BCUT2D eigenvalue weighted by Crippen LogP contribution is -2.61. The zero-order valence-electron chi connectivity index (χ0n) is 11.5. The molecule has 3 heteroatoms. The fourth-order valence-electron chi connectivity index (χ4n) is 4.98. The van der Waals surface area contributed by atoms with Crippen molar-refractivity contribution in [2.45, 2.75) is 68.6 Å². The van der Waals surface area contributed by atoms with Gasteiger partial charge in [0.1, 0.15) is 5.60 Å². The third kappa shape index (κ3) is 1.63. The third-order valence-electron chi connectivity index (χ3n) is 5.99. The number of rotatable bonds is 1. The number of carbonyl (C=O) groups excluding carboxylic acids is 1. The highest BCUT2D eigenvalue weighted by atomic mass is 16.5. The molecule has 0 aromatic heterocycles. The molecule has 3 fully saturated rings. The van der Waals surface area contributed by atoms with Gasteiger partial charge < -0.3 is 9.64 Å². The summed E-state index contributed by atoms with van der Waals surface area (Å²) in [6, 6.07) is 0. The van der Waals surface area contributed by atoms with Gasteiger partial charge in [0, 0.05) is 5.54 Å². The molecule has 3 aliphatic heterocycles. The molecule has 0 aromatic rings. The summed E-state index contributed by atoms with van der Waals surface area (Å²) in [6.07, 6.45) is 15.8. The predicted molar refractivity (Wildman–Crippen MR) is 72.7 cm³/mol. The lowest BCUT2D eigenvalue weighted by Gasteiger charge is -2.53. The fraction of sp³-hybridized carbons (Fsp3) is 0.812. The molecule has 1 saturated carbocycles. The van der Waals surface area contributed by atoms with Crippen molar-refractivity contribution in [1.29, 1.82) is 0 Å². The third-order valence-corrected chi connectivity index (χ3v) is 5.99. The Bertz CT molecular complexity index is 411. The van der Waals surface area contributed by atoms with Gasteiger partial charge in [0.25, 0.3) is 0 Å². The topological polar surface area (TPSA) is 29.5 Å². The molecule has 0 aromatic carbocycles. The van der Waals surface area contributed by atoms with Crippen LogP contribution in [0.4, 0.5) is 0 Å². The van der Waals surface area contributed by atoms with E-state index in [0.29, 0.717) is 12.0 Å². The highest BCUT2D eigenvalue weighted by molar-refractivity contribution is 5.51. The Hall–Kier alpha value is -0.830. The van der Waals surface area contributed by atoms with Crippen LogP contribution in [0.25, 0.3) is 0 Å². The van der Waals surface area contributed by atoms with E-state index in [9.17, 15) is 4.79 Å². The molecule has 1 amide bonds. The maximum absolute atomic E-state index is 11.7. The summed E-state index contributed by atoms with van der Waals surface area (Å²) >= 11 is 0. The van der Waals surface area contributed by atoms with Crippen molar-refractivity contribution in [2.24, 2.45) is 5.92 Å². The van der Waals surface area contributed by atoms with Crippen LogP contribution in [-0.2, 0) is 9.53 Å². The van der Waals surface area contributed by atoms with Gasteiger partial charge in [-0.1, -0.05) is 37.8 Å². The van der Waals surface area contributed by atoms with E-state index in [-0.39, 0.29) is 11.1 Å². The average molecular weight is 261 g/mol. The molecule has 3 atom stereocenters. The van der Waals surface area contributed by atoms with Gasteiger partial charge in [0.15, 0.2) is 0 Å². The van der Waals surface area contributed by atoms with Gasteiger partial charge >= 0.3 is 0 Å². The monoisotopic (exact) mass is 261 g/mol. The van der Waals surface area contributed by atoms with Crippen molar-refractivity contribution in [2.75, 3.05) is 6.54 Å². The molecular formula is C16H23NO2. The van der Waals surface area contributed by atoms with Crippen LogP contribution < -0.4 is 0 Å². The predicted octanol–water partition coefficient (Wildman–Crippen LogP) is 2.66. The summed E-state index contributed by atoms with van der Waals surface area (Å²) in [5, 5.41) is 0. The second kappa shape index (κ2) is 4.08. The van der Waals surface area contributed by atoms with E-state index in [1.165, 1.54) is 44.9 Å². The number of likely N-dealkylation sites (tertiary alicyclic amines) is 1. The smallest absolute Gasteiger partial charge is 0.210 e. The minimum absolute atomic E-state index is 0.136. The molecule has 2 spiro atoms. The van der Waals surface area contributed by atoms with Crippen LogP contribution in [0.2, 0.25) is 0 Å². The number of piperidine rings is 1. The maximum Gasteiger partial charge on any atom is 0.210 e. The van der Waals surface area contributed by atoms with Gasteiger partial charge in [-0.05, 0) is 31.6 Å². The van der Waals surface area contributed by atoms with Crippen molar-refractivity contribution < 1.29 is 9.53 Å². The molecular weight excluding hydrogens is 238 g/mol. The van der Waals surface area contributed by atoms with E-state index in [0.717, 1.165) is 19.4 Å². The molecule has 0 radical (unpaired) electrons. The first kappa shape index (κ1) is 12.0. The Morgan fingerprint density at radius 2 is 2.00 bits per heavy atom. The Morgan fingerprint density at radius 1 is 1.21 bits per heavy atom. The average Bonchev–Trinajstić information content (AvgIpc) is 2.88. The molecule has 4 aliphatic rings. The van der Waals surface area contributed by atoms with E-state index in [1.54, 1.807) is 0 Å². The standard InChI is InChI=1S/C16H23NO2/c18-12-17-11-16-8-5-14(19-16)9-13(16)10-15(17)6-3-1-2-4-7-15/h5,8,12-14H,1-4,6-7,9-11H2/t13?,14-,16+/m0/s1. The lowest BCUT2D eigenvalue weighted by atomic mass is 9.68. The number of amides is 1. The van der Waals surface area contributed by atoms with Gasteiger partial charge in [-0.15, -0.1) is 0 Å². The molecule has 4 rings (SSSR count). The fourth-order valence-corrected chi connectivity index (χ4v) is 4.98. The summed E-state index contributed by atoms with van der Waals surface area (Å²) < 4.78 is 6.15. The molecule has 3 heterocycles. The minimum atomic E-state index is -0.136.